The van der Waals surface area contributed by atoms with Crippen LogP contribution in [0.5, 0.6) is 0 Å². The second kappa shape index (κ2) is 6.81. The number of rotatable bonds is 7. The molecule has 0 radical (unpaired) electrons. The number of carbonyl (C=O) groups excluding carboxylic acids is 1. The summed E-state index contributed by atoms with van der Waals surface area (Å²) < 4.78 is 13.0. The highest BCUT2D eigenvalue weighted by Crippen LogP contribution is 2.42. The van der Waals surface area contributed by atoms with Gasteiger partial charge in [-0.05, 0) is 12.8 Å². The molecule has 0 saturated carbocycles. The molecule has 1 aromatic heterocycles. The van der Waals surface area contributed by atoms with E-state index in [1.807, 2.05) is 0 Å². The van der Waals surface area contributed by atoms with Gasteiger partial charge in [0, 0.05) is 25.3 Å². The molecular weight excluding hydrogens is 307 g/mol. The second-order valence-electron chi connectivity index (χ2n) is 5.68. The van der Waals surface area contributed by atoms with Crippen molar-refractivity contribution in [1.29, 1.82) is 0 Å². The monoisotopic (exact) mass is 330 g/mol. The summed E-state index contributed by atoms with van der Waals surface area (Å²) in [7, 11) is -4.13. The first-order chi connectivity index (χ1) is 10.3. The van der Waals surface area contributed by atoms with E-state index in [-0.39, 0.29) is 17.9 Å². The molecular formula is C13H23N4O4P. The van der Waals surface area contributed by atoms with Gasteiger partial charge in [0.05, 0.1) is 6.16 Å². The Balaban J connectivity index is 2.25. The quantitative estimate of drug-likeness (QED) is 0.508. The molecule has 4 N–H and O–H groups in total. The Morgan fingerprint density at radius 3 is 2.82 bits per heavy atom. The summed E-state index contributed by atoms with van der Waals surface area (Å²) >= 11 is 0. The number of unbranched alkanes of at least 4 members (excludes halogenated alkanes) is 2. The van der Waals surface area contributed by atoms with E-state index in [0.717, 1.165) is 25.8 Å². The van der Waals surface area contributed by atoms with E-state index >= 15 is 0 Å². The maximum atomic E-state index is 11.4. The minimum atomic E-state index is -4.13. The van der Waals surface area contributed by atoms with Crippen molar-refractivity contribution in [3.8, 4) is 0 Å². The standard InChI is InChI=1S/C13H23N4O4P/c1-2-3-4-6-16-7-5-10(9-22(19,20)21)17-8-11(12(14)18)15-13(16)17/h8,10H,2-7,9H2,1H3,(H2,14,18)(H2,19,20,21)/t10-/m0/s1. The van der Waals surface area contributed by atoms with E-state index in [1.54, 1.807) is 4.57 Å². The van der Waals surface area contributed by atoms with Gasteiger partial charge in [0.2, 0.25) is 5.95 Å². The van der Waals surface area contributed by atoms with Gasteiger partial charge in [-0.15, -0.1) is 0 Å². The second-order valence-corrected chi connectivity index (χ2v) is 7.38. The summed E-state index contributed by atoms with van der Waals surface area (Å²) in [5, 5.41) is 0. The number of amides is 1. The number of nitrogens with zero attached hydrogens (tertiary/aromatic N) is 3. The Morgan fingerprint density at radius 2 is 2.23 bits per heavy atom. The molecule has 0 saturated heterocycles. The molecule has 22 heavy (non-hydrogen) atoms. The molecule has 2 heterocycles. The van der Waals surface area contributed by atoms with E-state index in [9.17, 15) is 19.1 Å². The number of hydrogen-bond acceptors (Lipinski definition) is 4. The highest BCUT2D eigenvalue weighted by Gasteiger charge is 2.31. The zero-order valence-electron chi connectivity index (χ0n) is 12.7. The molecule has 1 aromatic rings. The van der Waals surface area contributed by atoms with Gasteiger partial charge in [-0.1, -0.05) is 19.8 Å². The third-order valence-electron chi connectivity index (χ3n) is 3.85. The molecule has 8 nitrogen and oxygen atoms in total. The molecule has 1 amide bonds. The Hall–Kier alpha value is -1.37. The van der Waals surface area contributed by atoms with Crippen LogP contribution in [-0.4, -0.2) is 44.5 Å². The number of primary amides is 1. The molecule has 1 atom stereocenters. The first kappa shape index (κ1) is 17.0. The molecule has 0 spiro atoms. The van der Waals surface area contributed by atoms with Crippen LogP contribution in [0.15, 0.2) is 6.20 Å². The van der Waals surface area contributed by atoms with Crippen LogP contribution in [0.2, 0.25) is 0 Å². The molecule has 0 fully saturated rings. The maximum absolute atomic E-state index is 11.4. The summed E-state index contributed by atoms with van der Waals surface area (Å²) in [6.07, 6.45) is 5.08. The Kier molecular flexibility index (Phi) is 5.26. The van der Waals surface area contributed by atoms with Crippen LogP contribution < -0.4 is 10.6 Å². The Morgan fingerprint density at radius 1 is 1.50 bits per heavy atom. The van der Waals surface area contributed by atoms with E-state index < -0.39 is 13.5 Å². The molecule has 9 heteroatoms. The normalized spacial score (nSPS) is 18.3. The Bertz CT molecular complexity index is 583. The van der Waals surface area contributed by atoms with E-state index in [1.165, 1.54) is 6.20 Å². The number of hydrogen-bond donors (Lipinski definition) is 3. The minimum absolute atomic E-state index is 0.133. The van der Waals surface area contributed by atoms with Crippen molar-refractivity contribution in [2.24, 2.45) is 5.73 Å². The number of carbonyl (C=O) groups is 1. The number of aromatic nitrogens is 2. The number of fused-ring (bicyclic) bond motifs is 1. The summed E-state index contributed by atoms with van der Waals surface area (Å²) in [4.78, 5) is 36.1. The lowest BCUT2D eigenvalue weighted by molar-refractivity contribution is 0.0996. The van der Waals surface area contributed by atoms with Gasteiger partial charge < -0.3 is 25.0 Å². The van der Waals surface area contributed by atoms with Gasteiger partial charge in [-0.3, -0.25) is 9.36 Å². The van der Waals surface area contributed by atoms with Crippen LogP contribution in [-0.2, 0) is 4.57 Å². The first-order valence-electron chi connectivity index (χ1n) is 7.50. The lowest BCUT2D eigenvalue weighted by atomic mass is 10.1. The third kappa shape index (κ3) is 4.09. The largest absolute Gasteiger partial charge is 0.364 e. The van der Waals surface area contributed by atoms with Crippen LogP contribution in [0.25, 0.3) is 0 Å². The fourth-order valence-electron chi connectivity index (χ4n) is 2.77. The summed E-state index contributed by atoms with van der Waals surface area (Å²) in [5.74, 6) is -0.0556. The molecule has 124 valence electrons. The summed E-state index contributed by atoms with van der Waals surface area (Å²) in [5.41, 5.74) is 5.41. The predicted molar refractivity (Wildman–Crippen MR) is 83.0 cm³/mol. The lowest BCUT2D eigenvalue weighted by Gasteiger charge is -2.34. The molecule has 0 unspecified atom stereocenters. The van der Waals surface area contributed by atoms with Crippen molar-refractivity contribution in [3.63, 3.8) is 0 Å². The molecule has 1 aliphatic rings. The van der Waals surface area contributed by atoms with Crippen LogP contribution in [0.4, 0.5) is 5.95 Å². The zero-order chi connectivity index (χ0) is 16.3. The zero-order valence-corrected chi connectivity index (χ0v) is 13.6. The molecule has 0 aromatic carbocycles. The number of imidazole rings is 1. The Labute approximate surface area is 129 Å². The molecule has 1 aliphatic heterocycles. The van der Waals surface area contributed by atoms with Crippen molar-refractivity contribution in [1.82, 2.24) is 9.55 Å². The van der Waals surface area contributed by atoms with Crippen molar-refractivity contribution in [2.75, 3.05) is 24.2 Å². The highest BCUT2D eigenvalue weighted by molar-refractivity contribution is 7.51. The predicted octanol–water partition coefficient (Wildman–Crippen LogP) is 1.10. The minimum Gasteiger partial charge on any atom is -0.364 e. The first-order valence-corrected chi connectivity index (χ1v) is 9.29. The average molecular weight is 330 g/mol. The van der Waals surface area contributed by atoms with E-state index in [0.29, 0.717) is 18.9 Å². The van der Waals surface area contributed by atoms with Crippen LogP contribution >= 0.6 is 7.60 Å². The number of nitrogens with two attached hydrogens (primary N) is 1. The topological polar surface area (TPSA) is 122 Å². The average Bonchev–Trinajstić information content (AvgIpc) is 2.85. The van der Waals surface area contributed by atoms with Crippen LogP contribution in [0.1, 0.15) is 49.1 Å². The van der Waals surface area contributed by atoms with Gasteiger partial charge in [-0.25, -0.2) is 4.98 Å². The SMILES string of the molecule is CCCCCN1CC[C@@H](CP(=O)(O)O)n2cc(C(N)=O)nc21. The summed E-state index contributed by atoms with van der Waals surface area (Å²) in [6, 6.07) is -0.362. The fraction of sp³-hybridized carbons (Fsp3) is 0.692. The van der Waals surface area contributed by atoms with E-state index in [4.69, 9.17) is 5.73 Å². The van der Waals surface area contributed by atoms with Crippen LogP contribution in [0.3, 0.4) is 0 Å². The van der Waals surface area contributed by atoms with Crippen molar-refractivity contribution < 1.29 is 19.1 Å². The maximum Gasteiger partial charge on any atom is 0.327 e. The molecule has 2 rings (SSSR count). The number of anilines is 1. The molecule has 0 bridgehead atoms. The van der Waals surface area contributed by atoms with Crippen LogP contribution in [0, 0.1) is 0 Å². The van der Waals surface area contributed by atoms with Crippen molar-refractivity contribution in [2.45, 2.75) is 38.6 Å². The fourth-order valence-corrected chi connectivity index (χ4v) is 3.68. The highest BCUT2D eigenvalue weighted by atomic mass is 31.2. The van der Waals surface area contributed by atoms with Gasteiger partial charge in [0.1, 0.15) is 5.69 Å². The third-order valence-corrected chi connectivity index (χ3v) is 4.75. The van der Waals surface area contributed by atoms with Crippen molar-refractivity contribution >= 4 is 19.5 Å². The van der Waals surface area contributed by atoms with Gasteiger partial charge in [-0.2, -0.15) is 0 Å². The summed E-state index contributed by atoms with van der Waals surface area (Å²) in [6.45, 7) is 3.60. The van der Waals surface area contributed by atoms with E-state index in [2.05, 4.69) is 16.8 Å². The molecule has 0 aliphatic carbocycles. The van der Waals surface area contributed by atoms with Crippen molar-refractivity contribution in [3.05, 3.63) is 11.9 Å². The van der Waals surface area contributed by atoms with Gasteiger partial charge >= 0.3 is 7.60 Å². The van der Waals surface area contributed by atoms with Gasteiger partial charge in [0.25, 0.3) is 5.91 Å². The lowest BCUT2D eigenvalue weighted by Crippen LogP contribution is -2.36. The smallest absolute Gasteiger partial charge is 0.327 e. The van der Waals surface area contributed by atoms with Gasteiger partial charge in [0.15, 0.2) is 0 Å².